The van der Waals surface area contributed by atoms with Crippen molar-refractivity contribution in [3.63, 3.8) is 0 Å². The van der Waals surface area contributed by atoms with Gasteiger partial charge in [0, 0.05) is 39.3 Å². The Hall–Kier alpha value is -2.75. The predicted octanol–water partition coefficient (Wildman–Crippen LogP) is 2.63. The molecule has 2 atom stereocenters. The number of halogens is 1. The lowest BCUT2D eigenvalue weighted by Crippen LogP contribution is -2.44. The van der Waals surface area contributed by atoms with E-state index in [4.69, 9.17) is 15.5 Å². The first-order valence-electron chi connectivity index (χ1n) is 10.5. The first-order valence-corrected chi connectivity index (χ1v) is 11.5. The molecule has 32 heavy (non-hydrogen) atoms. The number of carbonyl (C=O) groups excluding carboxylic acids is 1. The summed E-state index contributed by atoms with van der Waals surface area (Å²) in [5.41, 5.74) is 8.65. The number of hydrogen-bond acceptors (Lipinski definition) is 7. The van der Waals surface area contributed by atoms with Gasteiger partial charge in [-0.2, -0.15) is 0 Å². The number of fused-ring (bicyclic) bond motifs is 5. The highest BCUT2D eigenvalue weighted by atomic mass is 32.2. The SMILES string of the molecule is CC[C@@]1(O)C(=O)OCc2c1cc1n(c2=O)Cc2c-1nc1cc(F)c(C)c3c1c2[C@@H](N)CS3. The van der Waals surface area contributed by atoms with E-state index in [1.54, 1.807) is 24.5 Å². The molecule has 0 saturated heterocycles. The number of nitrogens with two attached hydrogens (primary N) is 1. The van der Waals surface area contributed by atoms with Crippen molar-refractivity contribution in [2.75, 3.05) is 5.75 Å². The summed E-state index contributed by atoms with van der Waals surface area (Å²) in [6, 6.07) is 2.79. The van der Waals surface area contributed by atoms with E-state index in [-0.39, 0.29) is 48.1 Å². The molecular formula is C23H20FN3O4S. The van der Waals surface area contributed by atoms with Gasteiger partial charge in [-0.25, -0.2) is 14.2 Å². The molecule has 6 rings (SSSR count). The Bertz CT molecular complexity index is 1450. The lowest BCUT2D eigenvalue weighted by Gasteiger charge is -2.31. The van der Waals surface area contributed by atoms with Gasteiger partial charge in [0.2, 0.25) is 0 Å². The van der Waals surface area contributed by atoms with Gasteiger partial charge in [0.15, 0.2) is 5.60 Å². The molecule has 0 amide bonds. The summed E-state index contributed by atoms with van der Waals surface area (Å²) in [5.74, 6) is -0.502. The molecule has 9 heteroatoms. The molecule has 0 radical (unpaired) electrons. The molecular weight excluding hydrogens is 433 g/mol. The second-order valence-electron chi connectivity index (χ2n) is 8.58. The van der Waals surface area contributed by atoms with Gasteiger partial charge in [0.05, 0.1) is 29.0 Å². The minimum absolute atomic E-state index is 0.0704. The van der Waals surface area contributed by atoms with Crippen molar-refractivity contribution < 1.29 is 19.0 Å². The van der Waals surface area contributed by atoms with Gasteiger partial charge in [0.25, 0.3) is 5.56 Å². The lowest BCUT2D eigenvalue weighted by molar-refractivity contribution is -0.172. The molecule has 0 fully saturated rings. The summed E-state index contributed by atoms with van der Waals surface area (Å²) in [5, 5.41) is 11.9. The Morgan fingerprint density at radius 3 is 2.91 bits per heavy atom. The molecule has 0 unspecified atom stereocenters. The van der Waals surface area contributed by atoms with Gasteiger partial charge in [-0.3, -0.25) is 4.79 Å². The van der Waals surface area contributed by atoms with Gasteiger partial charge in [-0.15, -0.1) is 11.8 Å². The molecule has 2 aromatic heterocycles. The van der Waals surface area contributed by atoms with Crippen molar-refractivity contribution in [2.24, 2.45) is 5.73 Å². The molecule has 164 valence electrons. The van der Waals surface area contributed by atoms with Crippen molar-refractivity contribution in [3.8, 4) is 11.4 Å². The molecule has 7 nitrogen and oxygen atoms in total. The monoisotopic (exact) mass is 453 g/mol. The Morgan fingerprint density at radius 1 is 1.38 bits per heavy atom. The number of benzene rings is 1. The van der Waals surface area contributed by atoms with Gasteiger partial charge >= 0.3 is 5.97 Å². The lowest BCUT2D eigenvalue weighted by atomic mass is 9.86. The summed E-state index contributed by atoms with van der Waals surface area (Å²) in [7, 11) is 0. The van der Waals surface area contributed by atoms with E-state index in [2.05, 4.69) is 0 Å². The van der Waals surface area contributed by atoms with Crippen molar-refractivity contribution in [3.05, 3.63) is 56.1 Å². The number of thioether (sulfide) groups is 1. The molecule has 3 aliphatic heterocycles. The van der Waals surface area contributed by atoms with Crippen molar-refractivity contribution in [1.82, 2.24) is 9.55 Å². The largest absolute Gasteiger partial charge is 0.458 e. The Kier molecular flexibility index (Phi) is 3.98. The Labute approximate surface area is 186 Å². The normalized spacial score (nSPS) is 23.0. The summed E-state index contributed by atoms with van der Waals surface area (Å²) in [4.78, 5) is 31.3. The van der Waals surface area contributed by atoms with Crippen LogP contribution in [-0.4, -0.2) is 26.4 Å². The molecule has 1 aromatic carbocycles. The third kappa shape index (κ3) is 2.31. The third-order valence-corrected chi connectivity index (χ3v) is 8.26. The number of esters is 1. The van der Waals surface area contributed by atoms with E-state index < -0.39 is 11.6 Å². The van der Waals surface area contributed by atoms with Gasteiger partial charge in [-0.1, -0.05) is 6.92 Å². The third-order valence-electron chi connectivity index (χ3n) is 6.94. The standard InChI is InChI=1S/C23H20FN3O4S/c1-3-23(30)12-4-16-19-10(6-27(16)21(28)11(12)7-31-22(23)29)17-14(25)8-32-20-9(2)13(24)5-15(26-19)18(17)20/h4-5,14,30H,3,6-8,25H2,1-2H3/t14-,23-/m0/s1. The van der Waals surface area contributed by atoms with E-state index in [0.717, 1.165) is 21.4 Å². The number of hydrogen-bond donors (Lipinski definition) is 2. The fourth-order valence-corrected chi connectivity index (χ4v) is 6.34. The number of pyridine rings is 2. The molecule has 0 aliphatic carbocycles. The fraction of sp³-hybridized carbons (Fsp3) is 0.348. The summed E-state index contributed by atoms with van der Waals surface area (Å²) in [6.45, 7) is 3.51. The minimum Gasteiger partial charge on any atom is -0.458 e. The minimum atomic E-state index is -1.89. The summed E-state index contributed by atoms with van der Waals surface area (Å²) >= 11 is 1.53. The molecule has 3 N–H and O–H groups in total. The first kappa shape index (κ1) is 19.9. The molecule has 3 aromatic rings. The molecule has 3 aliphatic rings. The van der Waals surface area contributed by atoms with Gasteiger partial charge < -0.3 is 20.1 Å². The van der Waals surface area contributed by atoms with Gasteiger partial charge in [0.1, 0.15) is 12.4 Å². The number of ether oxygens (including phenoxy) is 1. The predicted molar refractivity (Wildman–Crippen MR) is 117 cm³/mol. The van der Waals surface area contributed by atoms with Gasteiger partial charge in [-0.05, 0) is 30.5 Å². The molecule has 0 spiro atoms. The second kappa shape index (κ2) is 6.40. The maximum absolute atomic E-state index is 14.7. The van der Waals surface area contributed by atoms with Crippen LogP contribution in [0, 0.1) is 12.7 Å². The van der Waals surface area contributed by atoms with Crippen molar-refractivity contribution in [1.29, 1.82) is 0 Å². The van der Waals surface area contributed by atoms with Crippen LogP contribution in [0.15, 0.2) is 21.8 Å². The highest BCUT2D eigenvalue weighted by Gasteiger charge is 2.45. The van der Waals surface area contributed by atoms with E-state index in [1.165, 1.54) is 17.8 Å². The van der Waals surface area contributed by atoms with Crippen molar-refractivity contribution in [2.45, 2.75) is 50.0 Å². The molecule has 5 heterocycles. The van der Waals surface area contributed by atoms with Crippen LogP contribution in [0.4, 0.5) is 4.39 Å². The number of carbonyl (C=O) groups is 1. The number of aliphatic hydroxyl groups is 1. The van der Waals surface area contributed by atoms with Crippen LogP contribution in [0.25, 0.3) is 22.3 Å². The van der Waals surface area contributed by atoms with E-state index in [0.29, 0.717) is 28.2 Å². The van der Waals surface area contributed by atoms with Crippen LogP contribution < -0.4 is 11.3 Å². The highest BCUT2D eigenvalue weighted by molar-refractivity contribution is 7.99. The topological polar surface area (TPSA) is 107 Å². The smallest absolute Gasteiger partial charge is 0.343 e. The second-order valence-corrected chi connectivity index (χ2v) is 9.61. The zero-order chi connectivity index (χ0) is 22.5. The average Bonchev–Trinajstić information content (AvgIpc) is 3.14. The fourth-order valence-electron chi connectivity index (χ4n) is 5.16. The maximum Gasteiger partial charge on any atom is 0.343 e. The van der Waals surface area contributed by atoms with Crippen LogP contribution in [0.1, 0.15) is 47.2 Å². The zero-order valence-corrected chi connectivity index (χ0v) is 18.3. The Morgan fingerprint density at radius 2 is 2.16 bits per heavy atom. The van der Waals surface area contributed by atoms with Crippen LogP contribution in [-0.2, 0) is 28.3 Å². The van der Waals surface area contributed by atoms with E-state index in [1.807, 2.05) is 0 Å². The number of cyclic esters (lactones) is 1. The molecule has 0 bridgehead atoms. The summed E-state index contributed by atoms with van der Waals surface area (Å²) < 4.78 is 21.4. The first-order chi connectivity index (χ1) is 15.3. The Balaban J connectivity index is 1.70. The van der Waals surface area contributed by atoms with Crippen LogP contribution in [0.3, 0.4) is 0 Å². The van der Waals surface area contributed by atoms with Crippen LogP contribution in [0.2, 0.25) is 0 Å². The maximum atomic E-state index is 14.7. The number of aromatic nitrogens is 2. The highest BCUT2D eigenvalue weighted by Crippen LogP contribution is 2.47. The van der Waals surface area contributed by atoms with Crippen molar-refractivity contribution >= 4 is 28.6 Å². The van der Waals surface area contributed by atoms with E-state index in [9.17, 15) is 19.1 Å². The van der Waals surface area contributed by atoms with Crippen LogP contribution >= 0.6 is 11.8 Å². The van der Waals surface area contributed by atoms with E-state index >= 15 is 0 Å². The molecule has 0 saturated carbocycles. The zero-order valence-electron chi connectivity index (χ0n) is 17.5. The quantitative estimate of drug-likeness (QED) is 0.427. The number of rotatable bonds is 1. The number of nitrogens with zero attached hydrogens (tertiary/aromatic N) is 2. The summed E-state index contributed by atoms with van der Waals surface area (Å²) in [6.07, 6.45) is 0.0704. The van der Waals surface area contributed by atoms with Crippen LogP contribution in [0.5, 0.6) is 0 Å². The average molecular weight is 453 g/mol.